The van der Waals surface area contributed by atoms with Crippen LogP contribution >= 0.6 is 0 Å². The van der Waals surface area contributed by atoms with Crippen LogP contribution in [0, 0.1) is 6.92 Å². The van der Waals surface area contributed by atoms with Crippen LogP contribution < -0.4 is 5.32 Å². The number of sulfonamides is 1. The second kappa shape index (κ2) is 7.34. The van der Waals surface area contributed by atoms with E-state index in [4.69, 9.17) is 4.52 Å². The highest BCUT2D eigenvalue weighted by Gasteiger charge is 2.28. The highest BCUT2D eigenvalue weighted by atomic mass is 32.2. The van der Waals surface area contributed by atoms with Gasteiger partial charge in [-0.05, 0) is 19.1 Å². The van der Waals surface area contributed by atoms with Crippen molar-refractivity contribution in [3.05, 3.63) is 42.1 Å². The summed E-state index contributed by atoms with van der Waals surface area (Å²) in [7, 11) is -3.48. The van der Waals surface area contributed by atoms with Crippen molar-refractivity contribution in [3.8, 4) is 0 Å². The van der Waals surface area contributed by atoms with Gasteiger partial charge in [0.15, 0.2) is 0 Å². The first-order valence-corrected chi connectivity index (χ1v) is 9.40. The van der Waals surface area contributed by atoms with Crippen molar-refractivity contribution in [1.29, 1.82) is 0 Å². The molecule has 1 aromatic heterocycles. The van der Waals surface area contributed by atoms with E-state index in [1.807, 2.05) is 4.90 Å². The van der Waals surface area contributed by atoms with Crippen LogP contribution in [-0.2, 0) is 14.8 Å². The summed E-state index contributed by atoms with van der Waals surface area (Å²) in [4.78, 5) is 14.2. The Bertz CT molecular complexity index is 827. The fourth-order valence-electron chi connectivity index (χ4n) is 2.67. The third-order valence-electron chi connectivity index (χ3n) is 3.97. The van der Waals surface area contributed by atoms with E-state index in [0.29, 0.717) is 42.7 Å². The molecule has 1 aliphatic heterocycles. The first kappa shape index (κ1) is 17.6. The molecule has 3 rings (SSSR count). The lowest BCUT2D eigenvalue weighted by molar-refractivity contribution is -0.117. The molecule has 8 nitrogen and oxygen atoms in total. The molecule has 0 bridgehead atoms. The van der Waals surface area contributed by atoms with Gasteiger partial charge in [-0.3, -0.25) is 15.0 Å². The second-order valence-corrected chi connectivity index (χ2v) is 7.81. The Morgan fingerprint density at radius 3 is 2.48 bits per heavy atom. The summed E-state index contributed by atoms with van der Waals surface area (Å²) >= 11 is 0. The molecule has 1 saturated heterocycles. The number of carbonyl (C=O) groups excluding carboxylic acids is 1. The molecule has 1 amide bonds. The first-order chi connectivity index (χ1) is 11.9. The number of nitrogens with one attached hydrogen (secondary N) is 1. The van der Waals surface area contributed by atoms with E-state index < -0.39 is 10.0 Å². The van der Waals surface area contributed by atoms with E-state index in [1.165, 1.54) is 4.31 Å². The van der Waals surface area contributed by atoms with Crippen molar-refractivity contribution in [2.24, 2.45) is 0 Å². The van der Waals surface area contributed by atoms with Crippen LogP contribution in [-0.4, -0.2) is 61.4 Å². The molecule has 1 aliphatic rings. The zero-order valence-electron chi connectivity index (χ0n) is 13.9. The summed E-state index contributed by atoms with van der Waals surface area (Å²) in [6.07, 6.45) is 0. The molecule has 0 unspecified atom stereocenters. The lowest BCUT2D eigenvalue weighted by atomic mass is 10.3. The Kier molecular flexibility index (Phi) is 5.16. The monoisotopic (exact) mass is 364 g/mol. The molecule has 2 heterocycles. The van der Waals surface area contributed by atoms with Gasteiger partial charge in [0.2, 0.25) is 21.8 Å². The number of rotatable bonds is 5. The number of piperazine rings is 1. The molecule has 9 heteroatoms. The highest BCUT2D eigenvalue weighted by Crippen LogP contribution is 2.17. The van der Waals surface area contributed by atoms with E-state index in [9.17, 15) is 13.2 Å². The second-order valence-electron chi connectivity index (χ2n) is 5.87. The van der Waals surface area contributed by atoms with Gasteiger partial charge in [-0.1, -0.05) is 23.4 Å². The minimum absolute atomic E-state index is 0.180. The topological polar surface area (TPSA) is 95.8 Å². The van der Waals surface area contributed by atoms with Gasteiger partial charge in [0.05, 0.1) is 17.1 Å². The molecule has 0 saturated carbocycles. The third-order valence-corrected chi connectivity index (χ3v) is 5.88. The normalized spacial score (nSPS) is 16.7. The molecule has 1 fully saturated rings. The number of anilines is 1. The fourth-order valence-corrected chi connectivity index (χ4v) is 4.12. The van der Waals surface area contributed by atoms with Crippen molar-refractivity contribution in [2.75, 3.05) is 38.0 Å². The molecule has 1 aromatic carbocycles. The van der Waals surface area contributed by atoms with Crippen LogP contribution in [0.5, 0.6) is 0 Å². The highest BCUT2D eigenvalue weighted by molar-refractivity contribution is 7.89. The number of nitrogens with zero attached hydrogens (tertiary/aromatic N) is 3. The quantitative estimate of drug-likeness (QED) is 0.848. The largest absolute Gasteiger partial charge is 0.338 e. The summed E-state index contributed by atoms with van der Waals surface area (Å²) < 4.78 is 31.5. The molecule has 1 N–H and O–H groups in total. The van der Waals surface area contributed by atoms with Gasteiger partial charge >= 0.3 is 0 Å². The fraction of sp³-hybridized carbons (Fsp3) is 0.375. The average molecular weight is 364 g/mol. The first-order valence-electron chi connectivity index (χ1n) is 7.96. The number of hydrogen-bond acceptors (Lipinski definition) is 6. The molecule has 25 heavy (non-hydrogen) atoms. The predicted molar refractivity (Wildman–Crippen MR) is 91.5 cm³/mol. The van der Waals surface area contributed by atoms with Crippen LogP contribution in [0.25, 0.3) is 0 Å². The summed E-state index contributed by atoms with van der Waals surface area (Å²) in [6.45, 7) is 3.65. The van der Waals surface area contributed by atoms with Gasteiger partial charge < -0.3 is 4.52 Å². The lowest BCUT2D eigenvalue weighted by Gasteiger charge is -2.33. The molecule has 0 spiro atoms. The number of amides is 1. The third kappa shape index (κ3) is 4.25. The van der Waals surface area contributed by atoms with E-state index in [-0.39, 0.29) is 12.5 Å². The summed E-state index contributed by atoms with van der Waals surface area (Å²) in [5, 5.41) is 6.34. The van der Waals surface area contributed by atoms with Crippen LogP contribution in [0.3, 0.4) is 0 Å². The van der Waals surface area contributed by atoms with E-state index in [1.54, 1.807) is 43.3 Å². The van der Waals surface area contributed by atoms with Gasteiger partial charge in [-0.15, -0.1) is 0 Å². The van der Waals surface area contributed by atoms with Crippen LogP contribution in [0.4, 0.5) is 5.88 Å². The van der Waals surface area contributed by atoms with Crippen molar-refractivity contribution in [2.45, 2.75) is 11.8 Å². The van der Waals surface area contributed by atoms with Gasteiger partial charge in [0.25, 0.3) is 0 Å². The van der Waals surface area contributed by atoms with Gasteiger partial charge in [-0.25, -0.2) is 8.42 Å². The van der Waals surface area contributed by atoms with Crippen molar-refractivity contribution >= 4 is 21.8 Å². The van der Waals surface area contributed by atoms with Gasteiger partial charge in [0.1, 0.15) is 0 Å². The standard InChI is InChI=1S/C16H20N4O4S/c1-13-11-16(24-18-13)17-15(21)12-19-7-9-20(10-8-19)25(22,23)14-5-3-2-4-6-14/h2-6,11H,7-10,12H2,1H3,(H,17,21). The Labute approximate surface area is 146 Å². The predicted octanol–water partition coefficient (Wildman–Crippen LogP) is 0.928. The Morgan fingerprint density at radius 1 is 1.20 bits per heavy atom. The van der Waals surface area contributed by atoms with Crippen LogP contribution in [0.2, 0.25) is 0 Å². The molecule has 2 aromatic rings. The van der Waals surface area contributed by atoms with E-state index in [0.717, 1.165) is 0 Å². The van der Waals surface area contributed by atoms with E-state index >= 15 is 0 Å². The molecule has 134 valence electrons. The number of hydrogen-bond donors (Lipinski definition) is 1. The number of carbonyl (C=O) groups is 1. The SMILES string of the molecule is Cc1cc(NC(=O)CN2CCN(S(=O)(=O)c3ccccc3)CC2)on1. The lowest BCUT2D eigenvalue weighted by Crippen LogP contribution is -2.50. The van der Waals surface area contributed by atoms with Crippen molar-refractivity contribution in [3.63, 3.8) is 0 Å². The Hall–Kier alpha value is -2.23. The zero-order chi connectivity index (χ0) is 17.9. The molecular weight excluding hydrogens is 344 g/mol. The maximum absolute atomic E-state index is 12.6. The summed E-state index contributed by atoms with van der Waals surface area (Å²) in [5.41, 5.74) is 0.690. The summed E-state index contributed by atoms with van der Waals surface area (Å²) in [5.74, 6) is 0.100. The summed E-state index contributed by atoms with van der Waals surface area (Å²) in [6, 6.07) is 10.0. The van der Waals surface area contributed by atoms with Crippen molar-refractivity contribution < 1.29 is 17.7 Å². The Balaban J connectivity index is 1.52. The number of aromatic nitrogens is 1. The van der Waals surface area contributed by atoms with Gasteiger partial charge in [0, 0.05) is 32.2 Å². The number of aryl methyl sites for hydroxylation is 1. The minimum Gasteiger partial charge on any atom is -0.338 e. The molecule has 0 aliphatic carbocycles. The smallest absolute Gasteiger partial charge is 0.243 e. The number of benzene rings is 1. The zero-order valence-corrected chi connectivity index (χ0v) is 14.7. The van der Waals surface area contributed by atoms with Crippen LogP contribution in [0.1, 0.15) is 5.69 Å². The maximum Gasteiger partial charge on any atom is 0.243 e. The average Bonchev–Trinajstić information content (AvgIpc) is 3.01. The molecule has 0 radical (unpaired) electrons. The molecule has 0 atom stereocenters. The maximum atomic E-state index is 12.6. The molecular formula is C16H20N4O4S. The van der Waals surface area contributed by atoms with E-state index in [2.05, 4.69) is 10.5 Å². The van der Waals surface area contributed by atoms with Gasteiger partial charge in [-0.2, -0.15) is 4.31 Å². The van der Waals surface area contributed by atoms with Crippen molar-refractivity contribution in [1.82, 2.24) is 14.4 Å². The van der Waals surface area contributed by atoms with Crippen LogP contribution in [0.15, 0.2) is 45.8 Å². The minimum atomic E-state index is -3.48. The Morgan fingerprint density at radius 2 is 1.88 bits per heavy atom.